The van der Waals surface area contributed by atoms with Gasteiger partial charge in [-0.3, -0.25) is 4.79 Å². The van der Waals surface area contributed by atoms with Crippen LogP contribution >= 0.6 is 24.2 Å². The van der Waals surface area contributed by atoms with Crippen molar-refractivity contribution in [3.05, 3.63) is 35.9 Å². The number of benzene rings is 1. The molecule has 22 heavy (non-hydrogen) atoms. The predicted molar refractivity (Wildman–Crippen MR) is 92.3 cm³/mol. The van der Waals surface area contributed by atoms with Gasteiger partial charge in [-0.2, -0.15) is 11.8 Å². The number of amides is 1. The van der Waals surface area contributed by atoms with E-state index in [0.717, 1.165) is 11.3 Å². The van der Waals surface area contributed by atoms with E-state index >= 15 is 0 Å². The summed E-state index contributed by atoms with van der Waals surface area (Å²) in [6.07, 6.45) is 2.91. The van der Waals surface area contributed by atoms with Crippen LogP contribution in [-0.2, 0) is 20.7 Å². The number of carbonyl (C=O) groups excluding carboxylic acids is 2. The third kappa shape index (κ3) is 7.15. The van der Waals surface area contributed by atoms with Crippen LogP contribution in [0.2, 0.25) is 0 Å². The molecule has 0 aromatic heterocycles. The summed E-state index contributed by atoms with van der Waals surface area (Å²) in [4.78, 5) is 23.8. The second kappa shape index (κ2) is 11.3. The topological polar surface area (TPSA) is 81.4 Å². The van der Waals surface area contributed by atoms with Crippen LogP contribution in [0.4, 0.5) is 0 Å². The highest BCUT2D eigenvalue weighted by molar-refractivity contribution is 7.98. The Labute approximate surface area is 141 Å². The van der Waals surface area contributed by atoms with Crippen molar-refractivity contribution in [2.75, 3.05) is 19.1 Å². The second-order valence-electron chi connectivity index (χ2n) is 4.66. The Balaban J connectivity index is 0.00000441. The molecule has 124 valence electrons. The number of rotatable bonds is 8. The van der Waals surface area contributed by atoms with E-state index < -0.39 is 18.1 Å². The van der Waals surface area contributed by atoms with Gasteiger partial charge in [0.15, 0.2) is 0 Å². The molecule has 0 fully saturated rings. The van der Waals surface area contributed by atoms with Crippen LogP contribution in [0.1, 0.15) is 12.0 Å². The number of halogens is 1. The van der Waals surface area contributed by atoms with Crippen LogP contribution in [0.3, 0.4) is 0 Å². The number of hydrogen-bond donors (Lipinski definition) is 2. The van der Waals surface area contributed by atoms with Gasteiger partial charge in [0.05, 0.1) is 13.2 Å². The van der Waals surface area contributed by atoms with Crippen LogP contribution in [0.5, 0.6) is 0 Å². The van der Waals surface area contributed by atoms with E-state index in [-0.39, 0.29) is 18.3 Å². The molecule has 1 amide bonds. The largest absolute Gasteiger partial charge is 0.467 e. The molecule has 0 saturated heterocycles. The number of esters is 1. The molecule has 7 heteroatoms. The molecule has 0 bridgehead atoms. The number of methoxy groups -OCH3 is 1. The number of nitrogens with one attached hydrogen (secondary N) is 1. The molecule has 1 aromatic rings. The molecule has 2 atom stereocenters. The molecule has 0 saturated carbocycles. The van der Waals surface area contributed by atoms with Gasteiger partial charge in [-0.15, -0.1) is 12.4 Å². The van der Waals surface area contributed by atoms with E-state index in [1.807, 2.05) is 36.6 Å². The lowest BCUT2D eigenvalue weighted by molar-refractivity contribution is -0.145. The smallest absolute Gasteiger partial charge is 0.328 e. The molecule has 1 rings (SSSR count). The lowest BCUT2D eigenvalue weighted by Crippen LogP contribution is -2.49. The first-order valence-electron chi connectivity index (χ1n) is 6.75. The summed E-state index contributed by atoms with van der Waals surface area (Å²) in [5.41, 5.74) is 6.76. The van der Waals surface area contributed by atoms with Crippen LogP contribution in [0.25, 0.3) is 0 Å². The monoisotopic (exact) mass is 346 g/mol. The first-order valence-corrected chi connectivity index (χ1v) is 8.14. The molecule has 5 nitrogen and oxygen atoms in total. The summed E-state index contributed by atoms with van der Waals surface area (Å²) in [5, 5.41) is 2.68. The van der Waals surface area contributed by atoms with Gasteiger partial charge in [0.25, 0.3) is 0 Å². The summed E-state index contributed by atoms with van der Waals surface area (Å²) >= 11 is 1.63. The minimum Gasteiger partial charge on any atom is -0.467 e. The zero-order chi connectivity index (χ0) is 15.7. The average molecular weight is 347 g/mol. The minimum atomic E-state index is -0.717. The average Bonchev–Trinajstić information content (AvgIpc) is 2.51. The Morgan fingerprint density at radius 1 is 1.32 bits per heavy atom. The number of hydrogen-bond acceptors (Lipinski definition) is 5. The first kappa shape index (κ1) is 20.8. The molecule has 0 heterocycles. The molecule has 0 aliphatic carbocycles. The maximum Gasteiger partial charge on any atom is 0.328 e. The fourth-order valence-corrected chi connectivity index (χ4v) is 2.33. The molecule has 3 N–H and O–H groups in total. The quantitative estimate of drug-likeness (QED) is 0.695. The normalized spacial score (nSPS) is 12.7. The van der Waals surface area contributed by atoms with E-state index in [1.165, 1.54) is 7.11 Å². The van der Waals surface area contributed by atoms with Crippen LogP contribution in [0.15, 0.2) is 30.3 Å². The fourth-order valence-electron chi connectivity index (χ4n) is 1.84. The van der Waals surface area contributed by atoms with Gasteiger partial charge in [-0.05, 0) is 24.0 Å². The van der Waals surface area contributed by atoms with Crippen LogP contribution in [0, 0.1) is 0 Å². The van der Waals surface area contributed by atoms with Crippen LogP contribution < -0.4 is 11.1 Å². The molecule has 0 spiro atoms. The minimum absolute atomic E-state index is 0. The van der Waals surface area contributed by atoms with Gasteiger partial charge in [0, 0.05) is 6.42 Å². The van der Waals surface area contributed by atoms with Crippen molar-refractivity contribution in [1.29, 1.82) is 0 Å². The molecule has 2 unspecified atom stereocenters. The lowest BCUT2D eigenvalue weighted by Gasteiger charge is -2.19. The molecular formula is C15H23ClN2O3S. The Morgan fingerprint density at radius 2 is 1.95 bits per heavy atom. The second-order valence-corrected chi connectivity index (χ2v) is 5.65. The van der Waals surface area contributed by atoms with E-state index in [0.29, 0.717) is 12.8 Å². The van der Waals surface area contributed by atoms with Crippen molar-refractivity contribution in [3.63, 3.8) is 0 Å². The van der Waals surface area contributed by atoms with Crippen molar-refractivity contribution in [1.82, 2.24) is 5.32 Å². The van der Waals surface area contributed by atoms with E-state index in [4.69, 9.17) is 10.5 Å². The molecule has 0 aliphatic heterocycles. The molecule has 0 radical (unpaired) electrons. The third-order valence-electron chi connectivity index (χ3n) is 3.05. The van der Waals surface area contributed by atoms with Gasteiger partial charge < -0.3 is 15.8 Å². The number of nitrogens with two attached hydrogens (primary N) is 1. The van der Waals surface area contributed by atoms with Crippen LogP contribution in [-0.4, -0.2) is 43.1 Å². The third-order valence-corrected chi connectivity index (χ3v) is 3.70. The SMILES string of the molecule is COC(=O)C(Cc1ccccc1)NC(=O)C(N)CCSC.Cl. The standard InChI is InChI=1S/C15H22N2O3S.ClH/c1-20-15(19)13(10-11-6-4-3-5-7-11)17-14(18)12(16)8-9-21-2;/h3-7,12-13H,8-10,16H2,1-2H3,(H,17,18);1H. The van der Waals surface area contributed by atoms with Gasteiger partial charge in [-0.1, -0.05) is 30.3 Å². The highest BCUT2D eigenvalue weighted by Crippen LogP contribution is 2.06. The summed E-state index contributed by atoms with van der Waals surface area (Å²) in [7, 11) is 1.31. The molecule has 0 aliphatic rings. The number of thioether (sulfide) groups is 1. The Morgan fingerprint density at radius 3 is 2.50 bits per heavy atom. The number of ether oxygens (including phenoxy) is 1. The van der Waals surface area contributed by atoms with E-state index in [2.05, 4.69) is 5.32 Å². The Kier molecular flexibility index (Phi) is 10.7. The zero-order valence-electron chi connectivity index (χ0n) is 12.8. The van der Waals surface area contributed by atoms with Crippen molar-refractivity contribution in [2.45, 2.75) is 24.9 Å². The maximum atomic E-state index is 12.0. The van der Waals surface area contributed by atoms with Gasteiger partial charge in [0.2, 0.25) is 5.91 Å². The highest BCUT2D eigenvalue weighted by Gasteiger charge is 2.24. The highest BCUT2D eigenvalue weighted by atomic mass is 35.5. The van der Waals surface area contributed by atoms with Crippen molar-refractivity contribution in [2.24, 2.45) is 5.73 Å². The summed E-state index contributed by atoms with van der Waals surface area (Å²) in [6.45, 7) is 0. The lowest BCUT2D eigenvalue weighted by atomic mass is 10.1. The van der Waals surface area contributed by atoms with Crippen molar-refractivity contribution >= 4 is 36.0 Å². The van der Waals surface area contributed by atoms with E-state index in [9.17, 15) is 9.59 Å². The summed E-state index contributed by atoms with van der Waals surface area (Å²) < 4.78 is 4.75. The molecular weight excluding hydrogens is 324 g/mol. The zero-order valence-corrected chi connectivity index (χ0v) is 14.4. The predicted octanol–water partition coefficient (Wildman–Crippen LogP) is 1.39. The van der Waals surface area contributed by atoms with Crippen molar-refractivity contribution < 1.29 is 14.3 Å². The fraction of sp³-hybridized carbons (Fsp3) is 0.467. The maximum absolute atomic E-state index is 12.0. The Bertz CT molecular complexity index is 459. The Hall–Kier alpha value is -1.24. The number of carbonyl (C=O) groups is 2. The van der Waals surface area contributed by atoms with Gasteiger partial charge >= 0.3 is 5.97 Å². The van der Waals surface area contributed by atoms with Crippen molar-refractivity contribution in [3.8, 4) is 0 Å². The van der Waals surface area contributed by atoms with Gasteiger partial charge in [0.1, 0.15) is 6.04 Å². The summed E-state index contributed by atoms with van der Waals surface area (Å²) in [5.74, 6) is 0.00976. The summed E-state index contributed by atoms with van der Waals surface area (Å²) in [6, 6.07) is 8.13. The first-order chi connectivity index (χ1) is 10.1. The molecule has 1 aromatic carbocycles. The van der Waals surface area contributed by atoms with Gasteiger partial charge in [-0.25, -0.2) is 4.79 Å². The van der Waals surface area contributed by atoms with E-state index in [1.54, 1.807) is 11.8 Å².